The van der Waals surface area contributed by atoms with E-state index in [1.54, 1.807) is 23.9 Å². The summed E-state index contributed by atoms with van der Waals surface area (Å²) in [5.74, 6) is -0.245. The van der Waals surface area contributed by atoms with Crippen LogP contribution < -0.4 is 0 Å². The maximum absolute atomic E-state index is 12.6. The van der Waals surface area contributed by atoms with E-state index in [1.165, 1.54) is 4.90 Å². The molecule has 0 atom stereocenters. The van der Waals surface area contributed by atoms with Crippen LogP contribution >= 0.6 is 11.6 Å². The second kappa shape index (κ2) is 8.10. The van der Waals surface area contributed by atoms with Gasteiger partial charge < -0.3 is 14.7 Å². The minimum Gasteiger partial charge on any atom is -0.395 e. The van der Waals surface area contributed by atoms with E-state index in [4.69, 9.17) is 21.4 Å². The van der Waals surface area contributed by atoms with E-state index in [2.05, 4.69) is 5.10 Å². The highest BCUT2D eigenvalue weighted by Crippen LogP contribution is 2.21. The number of aryl methyl sites for hydroxylation is 1. The molecule has 0 aliphatic rings. The van der Waals surface area contributed by atoms with Gasteiger partial charge in [0.1, 0.15) is 0 Å². The molecule has 23 heavy (non-hydrogen) atoms. The van der Waals surface area contributed by atoms with Gasteiger partial charge in [-0.25, -0.2) is 4.68 Å². The first kappa shape index (κ1) is 17.5. The SMILES string of the molecule is COCCN(CCO)C(=O)c1cc(C)n(-c2ccccc2Cl)n1. The molecule has 0 bridgehead atoms. The lowest BCUT2D eigenvalue weighted by molar-refractivity contribution is 0.0650. The molecule has 1 heterocycles. The Balaban J connectivity index is 2.29. The van der Waals surface area contributed by atoms with Crippen LogP contribution in [-0.2, 0) is 4.74 Å². The monoisotopic (exact) mass is 337 g/mol. The Kier molecular flexibility index (Phi) is 6.15. The summed E-state index contributed by atoms with van der Waals surface area (Å²) in [6.45, 7) is 2.78. The Labute approximate surface area is 140 Å². The fourth-order valence-corrected chi connectivity index (χ4v) is 2.46. The maximum atomic E-state index is 12.6. The molecule has 0 unspecified atom stereocenters. The number of nitrogens with zero attached hydrogens (tertiary/aromatic N) is 3. The topological polar surface area (TPSA) is 67.6 Å². The molecule has 6 nitrogen and oxygen atoms in total. The number of aromatic nitrogens is 2. The zero-order chi connectivity index (χ0) is 16.8. The first-order valence-corrected chi connectivity index (χ1v) is 7.67. The summed E-state index contributed by atoms with van der Waals surface area (Å²) in [5, 5.41) is 14.1. The van der Waals surface area contributed by atoms with Crippen LogP contribution in [0, 0.1) is 6.92 Å². The molecule has 7 heteroatoms. The first-order chi connectivity index (χ1) is 11.1. The van der Waals surface area contributed by atoms with Gasteiger partial charge in [-0.1, -0.05) is 23.7 Å². The van der Waals surface area contributed by atoms with Crippen molar-refractivity contribution in [2.45, 2.75) is 6.92 Å². The van der Waals surface area contributed by atoms with E-state index >= 15 is 0 Å². The summed E-state index contributed by atoms with van der Waals surface area (Å²) >= 11 is 6.19. The Morgan fingerprint density at radius 3 is 2.78 bits per heavy atom. The number of hydrogen-bond acceptors (Lipinski definition) is 4. The number of carbonyl (C=O) groups is 1. The minimum absolute atomic E-state index is 0.111. The van der Waals surface area contributed by atoms with E-state index < -0.39 is 0 Å². The van der Waals surface area contributed by atoms with Crippen LogP contribution in [0.4, 0.5) is 0 Å². The highest BCUT2D eigenvalue weighted by atomic mass is 35.5. The molecule has 1 aromatic heterocycles. The third-order valence-electron chi connectivity index (χ3n) is 3.41. The molecular weight excluding hydrogens is 318 g/mol. The summed E-state index contributed by atoms with van der Waals surface area (Å²) in [7, 11) is 1.57. The lowest BCUT2D eigenvalue weighted by Crippen LogP contribution is -2.36. The predicted octanol–water partition coefficient (Wildman–Crippen LogP) is 1.92. The van der Waals surface area contributed by atoms with E-state index in [9.17, 15) is 4.79 Å². The molecule has 0 aliphatic carbocycles. The van der Waals surface area contributed by atoms with Gasteiger partial charge in [0, 0.05) is 25.9 Å². The van der Waals surface area contributed by atoms with Crippen LogP contribution in [0.2, 0.25) is 5.02 Å². The van der Waals surface area contributed by atoms with Crippen LogP contribution in [0.5, 0.6) is 0 Å². The number of benzene rings is 1. The van der Waals surface area contributed by atoms with Crippen molar-refractivity contribution in [3.05, 3.63) is 46.7 Å². The fourth-order valence-electron chi connectivity index (χ4n) is 2.25. The molecule has 2 rings (SSSR count). The van der Waals surface area contributed by atoms with Gasteiger partial charge in [0.05, 0.1) is 23.9 Å². The summed E-state index contributed by atoms with van der Waals surface area (Å²) in [5.41, 5.74) is 1.83. The third kappa shape index (κ3) is 4.10. The summed E-state index contributed by atoms with van der Waals surface area (Å²) < 4.78 is 6.64. The van der Waals surface area contributed by atoms with E-state index in [1.807, 2.05) is 25.1 Å². The highest BCUT2D eigenvalue weighted by Gasteiger charge is 2.20. The Morgan fingerprint density at radius 2 is 2.13 bits per heavy atom. The van der Waals surface area contributed by atoms with Crippen molar-refractivity contribution >= 4 is 17.5 Å². The van der Waals surface area contributed by atoms with Gasteiger partial charge in [0.15, 0.2) is 5.69 Å². The van der Waals surface area contributed by atoms with Gasteiger partial charge >= 0.3 is 0 Å². The standard InChI is InChI=1S/C16H20ClN3O3/c1-12-11-14(16(22)19(7-9-21)8-10-23-2)18-20(12)15-6-4-3-5-13(15)17/h3-6,11,21H,7-10H2,1-2H3. The number of methoxy groups -OCH3 is 1. The Bertz CT molecular complexity index is 672. The minimum atomic E-state index is -0.245. The second-order valence-electron chi connectivity index (χ2n) is 5.04. The van der Waals surface area contributed by atoms with Crippen molar-refractivity contribution in [2.75, 3.05) is 33.4 Å². The molecule has 0 radical (unpaired) electrons. The smallest absolute Gasteiger partial charge is 0.274 e. The number of hydrogen-bond donors (Lipinski definition) is 1. The fraction of sp³-hybridized carbons (Fsp3) is 0.375. The quantitative estimate of drug-likeness (QED) is 0.838. The molecule has 0 aliphatic heterocycles. The average Bonchev–Trinajstić information content (AvgIpc) is 2.93. The molecular formula is C16H20ClN3O3. The van der Waals surface area contributed by atoms with Gasteiger partial charge in [-0.15, -0.1) is 0 Å². The average molecular weight is 338 g/mol. The maximum Gasteiger partial charge on any atom is 0.274 e. The highest BCUT2D eigenvalue weighted by molar-refractivity contribution is 6.32. The van der Waals surface area contributed by atoms with E-state index in [-0.39, 0.29) is 19.1 Å². The zero-order valence-corrected chi connectivity index (χ0v) is 14.0. The molecule has 0 fully saturated rings. The molecule has 1 N–H and O–H groups in total. The second-order valence-corrected chi connectivity index (χ2v) is 5.45. The number of ether oxygens (including phenoxy) is 1. The Morgan fingerprint density at radius 1 is 1.39 bits per heavy atom. The van der Waals surface area contributed by atoms with Crippen molar-refractivity contribution < 1.29 is 14.6 Å². The normalized spacial score (nSPS) is 10.8. The van der Waals surface area contributed by atoms with Crippen LogP contribution in [0.15, 0.2) is 30.3 Å². The molecule has 0 saturated heterocycles. The first-order valence-electron chi connectivity index (χ1n) is 7.29. The third-order valence-corrected chi connectivity index (χ3v) is 3.73. The number of rotatable bonds is 7. The number of aliphatic hydroxyl groups is 1. The number of halogens is 1. The summed E-state index contributed by atoms with van der Waals surface area (Å²) in [4.78, 5) is 14.1. The number of aliphatic hydroxyl groups excluding tert-OH is 1. The lowest BCUT2D eigenvalue weighted by Gasteiger charge is -2.20. The van der Waals surface area contributed by atoms with Crippen molar-refractivity contribution in [3.63, 3.8) is 0 Å². The molecule has 2 aromatic rings. The van der Waals surface area contributed by atoms with Gasteiger partial charge in [0.2, 0.25) is 0 Å². The molecule has 1 aromatic carbocycles. The largest absolute Gasteiger partial charge is 0.395 e. The van der Waals surface area contributed by atoms with Crippen LogP contribution in [0.25, 0.3) is 5.69 Å². The van der Waals surface area contributed by atoms with Gasteiger partial charge in [0.25, 0.3) is 5.91 Å². The summed E-state index contributed by atoms with van der Waals surface area (Å²) in [6.07, 6.45) is 0. The van der Waals surface area contributed by atoms with Crippen molar-refractivity contribution in [1.29, 1.82) is 0 Å². The Hall–Kier alpha value is -1.89. The van der Waals surface area contributed by atoms with Gasteiger partial charge in [-0.05, 0) is 25.1 Å². The van der Waals surface area contributed by atoms with Crippen LogP contribution in [-0.4, -0.2) is 59.1 Å². The molecule has 0 saturated carbocycles. The number of amides is 1. The zero-order valence-electron chi connectivity index (χ0n) is 13.2. The molecule has 1 amide bonds. The van der Waals surface area contributed by atoms with Crippen molar-refractivity contribution in [2.24, 2.45) is 0 Å². The lowest BCUT2D eigenvalue weighted by atomic mass is 10.3. The van der Waals surface area contributed by atoms with E-state index in [0.29, 0.717) is 23.9 Å². The summed E-state index contributed by atoms with van der Waals surface area (Å²) in [6, 6.07) is 9.02. The van der Waals surface area contributed by atoms with Gasteiger partial charge in [-0.3, -0.25) is 4.79 Å². The number of para-hydroxylation sites is 1. The molecule has 0 spiro atoms. The molecule has 124 valence electrons. The van der Waals surface area contributed by atoms with Gasteiger partial charge in [-0.2, -0.15) is 5.10 Å². The van der Waals surface area contributed by atoms with Crippen molar-refractivity contribution in [1.82, 2.24) is 14.7 Å². The predicted molar refractivity (Wildman–Crippen MR) is 88.2 cm³/mol. The van der Waals surface area contributed by atoms with E-state index in [0.717, 1.165) is 11.4 Å². The van der Waals surface area contributed by atoms with Crippen LogP contribution in [0.1, 0.15) is 16.2 Å². The number of carbonyl (C=O) groups excluding carboxylic acids is 1. The van der Waals surface area contributed by atoms with Crippen LogP contribution in [0.3, 0.4) is 0 Å². The van der Waals surface area contributed by atoms with Crippen molar-refractivity contribution in [3.8, 4) is 5.69 Å².